The van der Waals surface area contributed by atoms with E-state index in [2.05, 4.69) is 20.3 Å². The van der Waals surface area contributed by atoms with Crippen molar-refractivity contribution in [2.24, 2.45) is 22.2 Å². The lowest BCUT2D eigenvalue weighted by molar-refractivity contribution is 0.655. The number of H-pyrrole nitrogens is 1. The molecule has 0 spiro atoms. The first-order chi connectivity index (χ1) is 13.6. The van der Waals surface area contributed by atoms with Crippen LogP contribution in [0.5, 0.6) is 0 Å². The average Bonchev–Trinajstić information content (AvgIpc) is 3.05. The van der Waals surface area contributed by atoms with E-state index >= 15 is 0 Å². The molecule has 0 saturated heterocycles. The van der Waals surface area contributed by atoms with Gasteiger partial charge in [-0.1, -0.05) is 12.1 Å². The molecule has 2 aromatic heterocycles. The lowest BCUT2D eigenvalue weighted by atomic mass is 10.2. The Bertz CT molecular complexity index is 999. The number of benzene rings is 1. The number of hydrogen-bond acceptors (Lipinski definition) is 5. The van der Waals surface area contributed by atoms with Gasteiger partial charge in [0, 0.05) is 30.4 Å². The molecule has 3 aromatic rings. The number of nitrogens with one attached hydrogen (secondary N) is 2. The summed E-state index contributed by atoms with van der Waals surface area (Å²) in [7, 11) is 0. The summed E-state index contributed by atoms with van der Waals surface area (Å²) in [6.07, 6.45) is 3.39. The van der Waals surface area contributed by atoms with Crippen molar-refractivity contribution in [3.05, 3.63) is 58.3 Å². The second-order valence-electron chi connectivity index (χ2n) is 6.53. The Hall–Kier alpha value is -3.17. The van der Waals surface area contributed by atoms with Crippen LogP contribution < -0.4 is 28.2 Å². The molecule has 0 amide bonds. The molecular weight excluding hydrogens is 356 g/mol. The fourth-order valence-electron chi connectivity index (χ4n) is 2.95. The average molecular weight is 382 g/mol. The third kappa shape index (κ3) is 4.96. The lowest BCUT2D eigenvalue weighted by Crippen LogP contribution is -2.23. The maximum Gasteiger partial charge on any atom is 0.354 e. The minimum absolute atomic E-state index is 0.119. The number of fused-ring (bicyclic) bond motifs is 1. The van der Waals surface area contributed by atoms with Crippen molar-refractivity contribution < 1.29 is 0 Å². The standard InChI is InChI=1S/C19H26N8O/c20-7-6-15-10-14-12-27(19(28)26-17(14)25-15)16-4-2-13(3-5-16)11-23-8-1-9-24-18(21)22/h2-5,10,12,23H,1,6-9,11,20H2,(H4,21,22,24)(H,25,26,28). The van der Waals surface area contributed by atoms with Crippen LogP contribution in [0.1, 0.15) is 17.7 Å². The monoisotopic (exact) mass is 382 g/mol. The third-order valence-electron chi connectivity index (χ3n) is 4.33. The van der Waals surface area contributed by atoms with Gasteiger partial charge >= 0.3 is 5.69 Å². The highest BCUT2D eigenvalue weighted by Crippen LogP contribution is 2.14. The second-order valence-corrected chi connectivity index (χ2v) is 6.53. The molecule has 0 fully saturated rings. The molecule has 1 aromatic carbocycles. The zero-order valence-electron chi connectivity index (χ0n) is 15.7. The van der Waals surface area contributed by atoms with Gasteiger partial charge in [0.15, 0.2) is 5.96 Å². The topological polar surface area (TPSA) is 153 Å². The van der Waals surface area contributed by atoms with Gasteiger partial charge in [0.1, 0.15) is 5.65 Å². The van der Waals surface area contributed by atoms with Gasteiger partial charge in [-0.15, -0.1) is 0 Å². The Morgan fingerprint density at radius 2 is 2.04 bits per heavy atom. The van der Waals surface area contributed by atoms with Crippen LogP contribution in [-0.2, 0) is 13.0 Å². The number of rotatable bonds is 9. The normalized spacial score (nSPS) is 11.0. The summed E-state index contributed by atoms with van der Waals surface area (Å²) in [6.45, 7) is 2.70. The van der Waals surface area contributed by atoms with Crippen LogP contribution in [0.25, 0.3) is 16.7 Å². The van der Waals surface area contributed by atoms with Crippen LogP contribution in [0.4, 0.5) is 0 Å². The van der Waals surface area contributed by atoms with Crippen molar-refractivity contribution in [1.29, 1.82) is 0 Å². The largest absolute Gasteiger partial charge is 0.370 e. The van der Waals surface area contributed by atoms with Gasteiger partial charge in [-0.25, -0.2) is 4.79 Å². The summed E-state index contributed by atoms with van der Waals surface area (Å²) < 4.78 is 1.55. The van der Waals surface area contributed by atoms with Gasteiger partial charge in [0.25, 0.3) is 0 Å². The van der Waals surface area contributed by atoms with Gasteiger partial charge in [-0.2, -0.15) is 4.98 Å². The predicted molar refractivity (Wildman–Crippen MR) is 111 cm³/mol. The molecule has 9 heteroatoms. The van der Waals surface area contributed by atoms with E-state index in [9.17, 15) is 4.79 Å². The Kier molecular flexibility index (Phi) is 6.41. The highest BCUT2D eigenvalue weighted by atomic mass is 16.1. The maximum absolute atomic E-state index is 12.4. The zero-order valence-corrected chi connectivity index (χ0v) is 15.7. The van der Waals surface area contributed by atoms with Gasteiger partial charge in [0.05, 0.1) is 5.69 Å². The van der Waals surface area contributed by atoms with Crippen LogP contribution in [0.15, 0.2) is 46.3 Å². The molecular formula is C19H26N8O. The van der Waals surface area contributed by atoms with Crippen molar-refractivity contribution in [2.75, 3.05) is 19.6 Å². The van der Waals surface area contributed by atoms with Crippen LogP contribution in [0, 0.1) is 0 Å². The SMILES string of the molecule is NCCc1cc2cn(-c3ccc(CNCCCN=C(N)N)cc3)c(=O)nc2[nH]1. The lowest BCUT2D eigenvalue weighted by Gasteiger charge is -2.08. The van der Waals surface area contributed by atoms with Gasteiger partial charge in [-0.3, -0.25) is 9.56 Å². The third-order valence-corrected chi connectivity index (χ3v) is 4.33. The van der Waals surface area contributed by atoms with Crippen molar-refractivity contribution in [2.45, 2.75) is 19.4 Å². The molecule has 2 heterocycles. The molecule has 0 atom stereocenters. The van der Waals surface area contributed by atoms with Crippen molar-refractivity contribution >= 4 is 17.0 Å². The van der Waals surface area contributed by atoms with E-state index < -0.39 is 0 Å². The molecule has 0 unspecified atom stereocenters. The number of hydrogen-bond donors (Lipinski definition) is 5. The Morgan fingerprint density at radius 1 is 1.25 bits per heavy atom. The first-order valence-corrected chi connectivity index (χ1v) is 9.23. The van der Waals surface area contributed by atoms with Gasteiger partial charge < -0.3 is 27.5 Å². The number of aromatic nitrogens is 3. The minimum atomic E-state index is -0.320. The molecule has 148 valence electrons. The molecule has 0 saturated carbocycles. The number of guanidine groups is 1. The predicted octanol–water partition coefficient (Wildman–Crippen LogP) is -0.0319. The molecule has 3 rings (SSSR count). The highest BCUT2D eigenvalue weighted by Gasteiger charge is 2.07. The molecule has 0 radical (unpaired) electrons. The molecule has 0 aliphatic rings. The van der Waals surface area contributed by atoms with Crippen molar-refractivity contribution in [1.82, 2.24) is 19.9 Å². The Labute approximate surface area is 162 Å². The Morgan fingerprint density at radius 3 is 2.75 bits per heavy atom. The van der Waals surface area contributed by atoms with E-state index in [1.54, 1.807) is 10.8 Å². The van der Waals surface area contributed by atoms with Crippen molar-refractivity contribution in [3.8, 4) is 5.69 Å². The van der Waals surface area contributed by atoms with Crippen LogP contribution in [0.2, 0.25) is 0 Å². The quantitative estimate of drug-likeness (QED) is 0.199. The number of nitrogens with two attached hydrogens (primary N) is 3. The van der Waals surface area contributed by atoms with Crippen LogP contribution in [0.3, 0.4) is 0 Å². The fourth-order valence-corrected chi connectivity index (χ4v) is 2.95. The van der Waals surface area contributed by atoms with E-state index in [0.29, 0.717) is 18.7 Å². The molecule has 8 N–H and O–H groups in total. The fraction of sp³-hybridized carbons (Fsp3) is 0.316. The summed E-state index contributed by atoms with van der Waals surface area (Å²) in [6, 6.07) is 9.79. The zero-order chi connectivity index (χ0) is 19.9. The smallest absolute Gasteiger partial charge is 0.354 e. The summed E-state index contributed by atoms with van der Waals surface area (Å²) in [5, 5.41) is 4.22. The van der Waals surface area contributed by atoms with E-state index in [0.717, 1.165) is 48.3 Å². The molecule has 0 aliphatic carbocycles. The van der Waals surface area contributed by atoms with E-state index in [1.165, 1.54) is 0 Å². The van der Waals surface area contributed by atoms with Gasteiger partial charge in [-0.05, 0) is 49.7 Å². The highest BCUT2D eigenvalue weighted by molar-refractivity contribution is 5.76. The van der Waals surface area contributed by atoms with E-state index in [1.807, 2.05) is 30.3 Å². The maximum atomic E-state index is 12.4. The van der Waals surface area contributed by atoms with E-state index in [4.69, 9.17) is 17.2 Å². The molecule has 9 nitrogen and oxygen atoms in total. The second kappa shape index (κ2) is 9.16. The summed E-state index contributed by atoms with van der Waals surface area (Å²) in [5.74, 6) is 0.119. The number of aliphatic imine (C=N–C) groups is 1. The van der Waals surface area contributed by atoms with Crippen molar-refractivity contribution in [3.63, 3.8) is 0 Å². The van der Waals surface area contributed by atoms with E-state index in [-0.39, 0.29) is 11.6 Å². The molecule has 28 heavy (non-hydrogen) atoms. The summed E-state index contributed by atoms with van der Waals surface area (Å²) >= 11 is 0. The van der Waals surface area contributed by atoms with Crippen LogP contribution in [-0.4, -0.2) is 40.1 Å². The number of nitrogens with zero attached hydrogens (tertiary/aromatic N) is 3. The first-order valence-electron chi connectivity index (χ1n) is 9.23. The first kappa shape index (κ1) is 19.6. The Balaban J connectivity index is 1.65. The minimum Gasteiger partial charge on any atom is -0.370 e. The van der Waals surface area contributed by atoms with Gasteiger partial charge in [0.2, 0.25) is 0 Å². The summed E-state index contributed by atoms with van der Waals surface area (Å²) in [4.78, 5) is 23.6. The molecule has 0 bridgehead atoms. The van der Waals surface area contributed by atoms with Crippen LogP contribution >= 0.6 is 0 Å². The number of aromatic amines is 1. The molecule has 0 aliphatic heterocycles. The summed E-state index contributed by atoms with van der Waals surface area (Å²) in [5.41, 5.74) is 19.3.